The molecular formula is C28H30NSi+. The third-order valence-corrected chi connectivity index (χ3v) is 11.7. The number of nitrogens with zero attached hydrogens (tertiary/aromatic N) is 1. The number of benzene rings is 3. The fraction of sp³-hybridized carbons (Fsp3) is 0.250. The summed E-state index contributed by atoms with van der Waals surface area (Å²) in [6, 6.07) is 30.1. The van der Waals surface area contributed by atoms with Crippen molar-refractivity contribution in [3.8, 4) is 22.4 Å². The molecule has 30 heavy (non-hydrogen) atoms. The number of hydrogen-bond acceptors (Lipinski definition) is 0. The lowest BCUT2D eigenvalue weighted by molar-refractivity contribution is -0.659. The van der Waals surface area contributed by atoms with Crippen molar-refractivity contribution in [2.75, 3.05) is 0 Å². The zero-order valence-corrected chi connectivity index (χ0v) is 19.3. The highest BCUT2D eigenvalue weighted by atomic mass is 28.3. The number of hydrogen-bond donors (Lipinski definition) is 0. The van der Waals surface area contributed by atoms with E-state index in [-0.39, 0.29) is 0 Å². The molecule has 0 unspecified atom stereocenters. The van der Waals surface area contributed by atoms with Gasteiger partial charge in [-0.15, -0.1) is 0 Å². The Hall–Kier alpha value is -2.71. The fourth-order valence-electron chi connectivity index (χ4n) is 5.27. The largest absolute Gasteiger partial charge is 0.220 e. The quantitative estimate of drug-likeness (QED) is 0.273. The van der Waals surface area contributed by atoms with Gasteiger partial charge in [0.05, 0.1) is 13.5 Å². The minimum Gasteiger partial charge on any atom is -0.200 e. The molecule has 2 heteroatoms. The van der Waals surface area contributed by atoms with Crippen molar-refractivity contribution in [1.29, 1.82) is 0 Å². The SMILES string of the molecule is Cc1cc(-c2ccccc2)ccc1-c1c2ccc([Si]3(C)CCCC3)cc2cc[n+]1C. The van der Waals surface area contributed by atoms with Crippen LogP contribution in [0.5, 0.6) is 0 Å². The maximum atomic E-state index is 2.58. The predicted molar refractivity (Wildman–Crippen MR) is 131 cm³/mol. The van der Waals surface area contributed by atoms with Crippen LogP contribution in [0.3, 0.4) is 0 Å². The average Bonchev–Trinajstić information content (AvgIpc) is 3.22. The normalized spacial score (nSPS) is 15.6. The Morgan fingerprint density at radius 1 is 0.800 bits per heavy atom. The lowest BCUT2D eigenvalue weighted by atomic mass is 9.95. The second kappa shape index (κ2) is 7.52. The molecule has 0 amide bonds. The van der Waals surface area contributed by atoms with Gasteiger partial charge in [0, 0.05) is 11.6 Å². The molecule has 1 aliphatic heterocycles. The van der Waals surface area contributed by atoms with Crippen molar-refractivity contribution in [3.63, 3.8) is 0 Å². The summed E-state index contributed by atoms with van der Waals surface area (Å²) in [6.07, 6.45) is 5.07. The van der Waals surface area contributed by atoms with Crippen molar-refractivity contribution in [2.45, 2.75) is 38.4 Å². The molecule has 1 aliphatic rings. The summed E-state index contributed by atoms with van der Waals surface area (Å²) < 4.78 is 2.28. The highest BCUT2D eigenvalue weighted by Gasteiger charge is 2.33. The van der Waals surface area contributed by atoms with Gasteiger partial charge in [0.25, 0.3) is 0 Å². The summed E-state index contributed by atoms with van der Waals surface area (Å²) in [5, 5.41) is 4.38. The lowest BCUT2D eigenvalue weighted by Gasteiger charge is -2.22. The van der Waals surface area contributed by atoms with Crippen LogP contribution >= 0.6 is 0 Å². The zero-order chi connectivity index (χ0) is 20.7. The first-order chi connectivity index (χ1) is 14.5. The van der Waals surface area contributed by atoms with Gasteiger partial charge in [-0.25, -0.2) is 4.57 Å². The van der Waals surface area contributed by atoms with E-state index >= 15 is 0 Å². The van der Waals surface area contributed by atoms with Crippen LogP contribution in [0.25, 0.3) is 33.2 Å². The lowest BCUT2D eigenvalue weighted by Crippen LogP contribution is -2.41. The molecule has 0 saturated carbocycles. The van der Waals surface area contributed by atoms with Gasteiger partial charge >= 0.3 is 0 Å². The van der Waals surface area contributed by atoms with Gasteiger partial charge in [0.2, 0.25) is 5.69 Å². The van der Waals surface area contributed by atoms with Crippen LogP contribution in [0.2, 0.25) is 18.6 Å². The summed E-state index contributed by atoms with van der Waals surface area (Å²) in [5.74, 6) is 0. The zero-order valence-electron chi connectivity index (χ0n) is 18.3. The highest BCUT2D eigenvalue weighted by Crippen LogP contribution is 2.33. The summed E-state index contributed by atoms with van der Waals surface area (Å²) in [7, 11) is 0.914. The molecule has 4 aromatic rings. The van der Waals surface area contributed by atoms with Crippen LogP contribution in [0, 0.1) is 6.92 Å². The van der Waals surface area contributed by atoms with Crippen molar-refractivity contribution in [3.05, 3.63) is 84.6 Å². The molecule has 1 aromatic heterocycles. The average molecular weight is 409 g/mol. The first kappa shape index (κ1) is 19.3. The Labute approximate surface area is 181 Å². The standard InChI is InChI=1S/C28H30NSi/c1-21-19-23(22-9-5-4-6-10-22)11-13-26(21)28-27-14-12-25(30(3)17-7-8-18-30)20-24(27)15-16-29(28)2/h4-6,9-16,19-20H,7-8,17-18H2,1-3H3/q+1. The van der Waals surface area contributed by atoms with Gasteiger partial charge in [0.1, 0.15) is 7.05 Å². The van der Waals surface area contributed by atoms with Gasteiger partial charge < -0.3 is 0 Å². The van der Waals surface area contributed by atoms with E-state index < -0.39 is 8.07 Å². The molecule has 5 rings (SSSR count). The van der Waals surface area contributed by atoms with Crippen molar-refractivity contribution < 1.29 is 4.57 Å². The van der Waals surface area contributed by atoms with Gasteiger partial charge in [0.15, 0.2) is 6.20 Å². The maximum Gasteiger partial charge on any atom is 0.220 e. The van der Waals surface area contributed by atoms with Gasteiger partial charge in [-0.05, 0) is 41.1 Å². The third kappa shape index (κ3) is 3.29. The highest BCUT2D eigenvalue weighted by molar-refractivity contribution is 6.91. The first-order valence-corrected chi connectivity index (χ1v) is 14.1. The van der Waals surface area contributed by atoms with E-state index in [2.05, 4.69) is 104 Å². The van der Waals surface area contributed by atoms with Crippen molar-refractivity contribution >= 4 is 24.0 Å². The Bertz CT molecular complexity index is 1220. The molecular weight excluding hydrogens is 378 g/mol. The van der Waals surface area contributed by atoms with E-state index in [1.165, 1.54) is 63.7 Å². The van der Waals surface area contributed by atoms with Crippen LogP contribution < -0.4 is 9.75 Å². The van der Waals surface area contributed by atoms with E-state index in [1.807, 2.05) is 0 Å². The number of pyridine rings is 1. The van der Waals surface area contributed by atoms with Gasteiger partial charge in [-0.2, -0.15) is 0 Å². The second-order valence-electron chi connectivity index (χ2n) is 9.24. The molecule has 0 aliphatic carbocycles. The molecule has 1 fully saturated rings. The molecule has 1 saturated heterocycles. The van der Waals surface area contributed by atoms with Crippen LogP contribution in [0.4, 0.5) is 0 Å². The van der Waals surface area contributed by atoms with Crippen LogP contribution in [0.15, 0.2) is 79.0 Å². The summed E-state index contributed by atoms with van der Waals surface area (Å²) in [5.41, 5.74) is 6.51. The molecule has 150 valence electrons. The number of aromatic nitrogens is 1. The summed E-state index contributed by atoms with van der Waals surface area (Å²) in [6.45, 7) is 4.82. The molecule has 0 atom stereocenters. The van der Waals surface area contributed by atoms with E-state index in [1.54, 1.807) is 5.19 Å². The number of fused-ring (bicyclic) bond motifs is 1. The molecule has 0 N–H and O–H groups in total. The number of aryl methyl sites for hydroxylation is 2. The molecule has 1 nitrogen and oxygen atoms in total. The predicted octanol–water partition coefficient (Wildman–Crippen LogP) is 6.39. The minimum atomic E-state index is -1.25. The molecule has 2 heterocycles. The van der Waals surface area contributed by atoms with E-state index in [4.69, 9.17) is 0 Å². The van der Waals surface area contributed by atoms with Gasteiger partial charge in [-0.3, -0.25) is 0 Å². The summed E-state index contributed by atoms with van der Waals surface area (Å²) in [4.78, 5) is 0. The Morgan fingerprint density at radius 3 is 2.30 bits per heavy atom. The van der Waals surface area contributed by atoms with Crippen LogP contribution in [-0.4, -0.2) is 8.07 Å². The molecule has 3 aromatic carbocycles. The number of rotatable bonds is 3. The first-order valence-electron chi connectivity index (χ1n) is 11.1. The van der Waals surface area contributed by atoms with Crippen molar-refractivity contribution in [2.24, 2.45) is 7.05 Å². The second-order valence-corrected chi connectivity index (χ2v) is 13.9. The fourth-order valence-corrected chi connectivity index (χ4v) is 9.14. The van der Waals surface area contributed by atoms with Crippen molar-refractivity contribution in [1.82, 2.24) is 0 Å². The van der Waals surface area contributed by atoms with Crippen LogP contribution in [0.1, 0.15) is 18.4 Å². The molecule has 0 spiro atoms. The maximum absolute atomic E-state index is 2.58. The van der Waals surface area contributed by atoms with E-state index in [0.29, 0.717) is 0 Å². The Kier molecular flexibility index (Phi) is 4.83. The monoisotopic (exact) mass is 408 g/mol. The van der Waals surface area contributed by atoms with E-state index in [9.17, 15) is 0 Å². The summed E-state index contributed by atoms with van der Waals surface area (Å²) >= 11 is 0. The molecule has 0 radical (unpaired) electrons. The Morgan fingerprint density at radius 2 is 1.57 bits per heavy atom. The Balaban J connectivity index is 1.62. The van der Waals surface area contributed by atoms with Gasteiger partial charge in [-0.1, -0.05) is 91.3 Å². The van der Waals surface area contributed by atoms with E-state index in [0.717, 1.165) is 0 Å². The topological polar surface area (TPSA) is 3.88 Å². The smallest absolute Gasteiger partial charge is 0.200 e. The molecule has 0 bridgehead atoms. The third-order valence-electron chi connectivity index (χ3n) is 7.13. The minimum absolute atomic E-state index is 1.25. The van der Waals surface area contributed by atoms with Crippen LogP contribution in [-0.2, 0) is 7.05 Å².